The smallest absolute Gasteiger partial charge is 0.302 e. The average Bonchev–Trinajstić information content (AvgIpc) is 3.58. The molecule has 1 aromatic carbocycles. The standard InChI is InChI=1S/C24H16Cl3F3N6OS/c1-2-13-4-6-19(38-13)17-8-20(24(28,29)30)36-21(31-17)9-18(33-36)23(37)32-22-16(27)11-35(34-22)10-12-3-5-14(25)15(26)7-12/h3-9,11H,2,10H2,1H3,(H,32,34,37). The molecule has 0 aliphatic rings. The third-order valence-corrected chi connectivity index (χ3v) is 7.76. The lowest BCUT2D eigenvalue weighted by atomic mass is 10.2. The molecule has 4 heterocycles. The number of aryl methyl sites for hydroxylation is 1. The fourth-order valence-corrected chi connectivity index (χ4v) is 5.11. The number of amides is 1. The Morgan fingerprint density at radius 3 is 2.50 bits per heavy atom. The minimum Gasteiger partial charge on any atom is -0.302 e. The fraction of sp³-hybridized carbons (Fsp3) is 0.167. The first-order valence-corrected chi connectivity index (χ1v) is 13.0. The van der Waals surface area contributed by atoms with E-state index in [4.69, 9.17) is 34.8 Å². The van der Waals surface area contributed by atoms with Crippen molar-refractivity contribution in [3.8, 4) is 10.6 Å². The minimum absolute atomic E-state index is 0.0177. The maximum Gasteiger partial charge on any atom is 0.433 e. The molecule has 0 aliphatic carbocycles. The highest BCUT2D eigenvalue weighted by Crippen LogP contribution is 2.34. The van der Waals surface area contributed by atoms with Crippen LogP contribution in [-0.2, 0) is 19.1 Å². The van der Waals surface area contributed by atoms with Crippen LogP contribution in [-0.4, -0.2) is 30.3 Å². The second kappa shape index (κ2) is 10.2. The molecular weight excluding hydrogens is 584 g/mol. The summed E-state index contributed by atoms with van der Waals surface area (Å²) in [5, 5.41) is 11.5. The normalized spacial score (nSPS) is 11.9. The lowest BCUT2D eigenvalue weighted by Gasteiger charge is -2.10. The van der Waals surface area contributed by atoms with Gasteiger partial charge in [-0.25, -0.2) is 9.50 Å². The number of nitrogens with zero attached hydrogens (tertiary/aromatic N) is 5. The van der Waals surface area contributed by atoms with Gasteiger partial charge in [-0.15, -0.1) is 11.3 Å². The third kappa shape index (κ3) is 5.37. The van der Waals surface area contributed by atoms with E-state index in [1.807, 2.05) is 13.0 Å². The van der Waals surface area contributed by atoms with Gasteiger partial charge < -0.3 is 5.32 Å². The van der Waals surface area contributed by atoms with E-state index in [0.717, 1.165) is 22.9 Å². The van der Waals surface area contributed by atoms with Crippen molar-refractivity contribution in [3.05, 3.63) is 85.6 Å². The summed E-state index contributed by atoms with van der Waals surface area (Å²) in [7, 11) is 0. The molecule has 0 saturated heterocycles. The molecule has 196 valence electrons. The summed E-state index contributed by atoms with van der Waals surface area (Å²) in [6.45, 7) is 2.24. The largest absolute Gasteiger partial charge is 0.433 e. The summed E-state index contributed by atoms with van der Waals surface area (Å²) in [6, 6.07) is 10.8. The molecule has 14 heteroatoms. The number of nitrogens with one attached hydrogen (secondary N) is 1. The molecule has 5 rings (SSSR count). The second-order valence-corrected chi connectivity index (χ2v) is 10.6. The maximum absolute atomic E-state index is 13.9. The monoisotopic (exact) mass is 598 g/mol. The van der Waals surface area contributed by atoms with Crippen molar-refractivity contribution < 1.29 is 18.0 Å². The SMILES string of the molecule is CCc1ccc(-c2cc(C(F)(F)F)n3nc(C(=O)Nc4nn(Cc5ccc(Cl)c(Cl)c5)cc4Cl)cc3n2)s1. The van der Waals surface area contributed by atoms with Crippen LogP contribution < -0.4 is 5.32 Å². The second-order valence-electron chi connectivity index (χ2n) is 8.17. The quantitative estimate of drug-likeness (QED) is 0.219. The number of thiophene rings is 1. The van der Waals surface area contributed by atoms with Gasteiger partial charge in [-0.1, -0.05) is 47.8 Å². The number of benzene rings is 1. The van der Waals surface area contributed by atoms with Gasteiger partial charge in [0.15, 0.2) is 22.9 Å². The summed E-state index contributed by atoms with van der Waals surface area (Å²) < 4.78 is 43.8. The molecule has 0 atom stereocenters. The van der Waals surface area contributed by atoms with Gasteiger partial charge in [0.05, 0.1) is 27.2 Å². The van der Waals surface area contributed by atoms with Crippen molar-refractivity contribution in [2.75, 3.05) is 5.32 Å². The number of rotatable bonds is 6. The van der Waals surface area contributed by atoms with E-state index >= 15 is 0 Å². The van der Waals surface area contributed by atoms with Crippen LogP contribution in [0.4, 0.5) is 19.0 Å². The number of halogens is 6. The summed E-state index contributed by atoms with van der Waals surface area (Å²) >= 11 is 19.6. The van der Waals surface area contributed by atoms with Crippen LogP contribution in [0.25, 0.3) is 16.2 Å². The Morgan fingerprint density at radius 2 is 1.82 bits per heavy atom. The lowest BCUT2D eigenvalue weighted by molar-refractivity contribution is -0.142. The molecule has 1 amide bonds. The number of carbonyl (C=O) groups is 1. The summed E-state index contributed by atoms with van der Waals surface area (Å²) in [5.74, 6) is -0.777. The highest BCUT2D eigenvalue weighted by atomic mass is 35.5. The Balaban J connectivity index is 1.43. The van der Waals surface area contributed by atoms with Gasteiger partial charge in [0.25, 0.3) is 5.91 Å². The first kappa shape index (κ1) is 26.5. The van der Waals surface area contributed by atoms with E-state index in [-0.39, 0.29) is 34.4 Å². The van der Waals surface area contributed by atoms with Gasteiger partial charge in [-0.3, -0.25) is 9.48 Å². The van der Waals surface area contributed by atoms with Gasteiger partial charge in [0.2, 0.25) is 0 Å². The zero-order valence-electron chi connectivity index (χ0n) is 19.4. The molecule has 38 heavy (non-hydrogen) atoms. The first-order chi connectivity index (χ1) is 18.0. The molecular formula is C24H16Cl3F3N6OS. The molecule has 0 radical (unpaired) electrons. The Morgan fingerprint density at radius 1 is 1.03 bits per heavy atom. The van der Waals surface area contributed by atoms with Crippen molar-refractivity contribution in [2.24, 2.45) is 0 Å². The van der Waals surface area contributed by atoms with E-state index in [1.54, 1.807) is 24.3 Å². The molecule has 0 saturated carbocycles. The Kier molecular flexibility index (Phi) is 7.12. The van der Waals surface area contributed by atoms with Crippen LogP contribution in [0.15, 0.2) is 48.7 Å². The summed E-state index contributed by atoms with van der Waals surface area (Å²) in [6.07, 6.45) is -2.49. The number of hydrogen-bond acceptors (Lipinski definition) is 5. The minimum atomic E-state index is -4.73. The predicted molar refractivity (Wildman–Crippen MR) is 141 cm³/mol. The van der Waals surface area contributed by atoms with Gasteiger partial charge in [0, 0.05) is 17.1 Å². The van der Waals surface area contributed by atoms with Gasteiger partial charge in [0.1, 0.15) is 5.02 Å². The van der Waals surface area contributed by atoms with Crippen molar-refractivity contribution in [3.63, 3.8) is 0 Å². The van der Waals surface area contributed by atoms with Crippen LogP contribution in [0.5, 0.6) is 0 Å². The Labute approximate surface area is 232 Å². The molecule has 4 aromatic heterocycles. The third-order valence-electron chi connectivity index (χ3n) is 5.49. The number of hydrogen-bond donors (Lipinski definition) is 1. The van der Waals surface area contributed by atoms with Crippen LogP contribution in [0.2, 0.25) is 15.1 Å². The number of anilines is 1. The van der Waals surface area contributed by atoms with E-state index in [9.17, 15) is 18.0 Å². The van der Waals surface area contributed by atoms with E-state index in [2.05, 4.69) is 20.5 Å². The zero-order valence-corrected chi connectivity index (χ0v) is 22.4. The number of alkyl halides is 3. The molecule has 1 N–H and O–H groups in total. The fourth-order valence-electron chi connectivity index (χ4n) is 3.68. The predicted octanol–water partition coefficient (Wildman–Crippen LogP) is 7.50. The summed E-state index contributed by atoms with van der Waals surface area (Å²) in [5.41, 5.74) is -0.522. The van der Waals surface area contributed by atoms with Gasteiger partial charge in [-0.05, 0) is 42.3 Å². The molecule has 0 fully saturated rings. The van der Waals surface area contributed by atoms with Crippen molar-refractivity contribution in [1.82, 2.24) is 24.4 Å². The topological polar surface area (TPSA) is 77.1 Å². The van der Waals surface area contributed by atoms with Crippen molar-refractivity contribution >= 4 is 63.5 Å². The molecule has 0 unspecified atom stereocenters. The number of aromatic nitrogens is 5. The van der Waals surface area contributed by atoms with E-state index < -0.39 is 17.8 Å². The molecule has 0 spiro atoms. The molecule has 5 aromatic rings. The van der Waals surface area contributed by atoms with Crippen molar-refractivity contribution in [2.45, 2.75) is 26.1 Å². The van der Waals surface area contributed by atoms with Crippen molar-refractivity contribution in [1.29, 1.82) is 0 Å². The van der Waals surface area contributed by atoms with Gasteiger partial charge in [-0.2, -0.15) is 23.4 Å². The molecule has 0 aliphatic heterocycles. The zero-order chi connectivity index (χ0) is 27.2. The molecule has 0 bridgehead atoms. The summed E-state index contributed by atoms with van der Waals surface area (Å²) in [4.78, 5) is 18.8. The van der Waals surface area contributed by atoms with Crippen LogP contribution in [0, 0.1) is 0 Å². The lowest BCUT2D eigenvalue weighted by Crippen LogP contribution is -2.16. The van der Waals surface area contributed by atoms with E-state index in [1.165, 1.54) is 28.3 Å². The highest BCUT2D eigenvalue weighted by Gasteiger charge is 2.36. The van der Waals surface area contributed by atoms with Crippen LogP contribution >= 0.6 is 46.1 Å². The Hall–Kier alpha value is -3.12. The maximum atomic E-state index is 13.9. The first-order valence-electron chi connectivity index (χ1n) is 11.1. The van der Waals surface area contributed by atoms with Crippen LogP contribution in [0.3, 0.4) is 0 Å². The van der Waals surface area contributed by atoms with Gasteiger partial charge >= 0.3 is 6.18 Å². The average molecular weight is 600 g/mol. The Bertz CT molecular complexity index is 1680. The highest BCUT2D eigenvalue weighted by molar-refractivity contribution is 7.15. The van der Waals surface area contributed by atoms with Crippen LogP contribution in [0.1, 0.15) is 33.5 Å². The number of fused-ring (bicyclic) bond motifs is 1. The number of carbonyl (C=O) groups excluding carboxylic acids is 1. The van der Waals surface area contributed by atoms with E-state index in [0.29, 0.717) is 19.4 Å². The molecule has 7 nitrogen and oxygen atoms in total.